The van der Waals surface area contributed by atoms with Gasteiger partial charge in [0.25, 0.3) is 0 Å². The number of fused-ring (bicyclic) bond motifs is 1. The first-order valence-electron chi connectivity index (χ1n) is 6.26. The van der Waals surface area contributed by atoms with Crippen molar-refractivity contribution in [2.75, 3.05) is 0 Å². The molecule has 0 aliphatic heterocycles. The topological polar surface area (TPSA) is 37.3 Å². The predicted molar refractivity (Wildman–Crippen MR) is 64.2 cm³/mol. The first-order chi connectivity index (χ1) is 7.29. The van der Waals surface area contributed by atoms with Crippen molar-refractivity contribution < 1.29 is 9.90 Å². The third kappa shape index (κ3) is 1.42. The summed E-state index contributed by atoms with van der Waals surface area (Å²) in [5, 5.41) is 9.46. The Morgan fingerprint density at radius 3 is 2.50 bits per heavy atom. The van der Waals surface area contributed by atoms with Crippen LogP contribution in [0.5, 0.6) is 0 Å². The molecule has 0 spiro atoms. The Kier molecular flexibility index (Phi) is 2.45. The van der Waals surface area contributed by atoms with E-state index in [4.69, 9.17) is 0 Å². The molecular formula is C14H22O2. The second-order valence-corrected chi connectivity index (χ2v) is 6.40. The Morgan fingerprint density at radius 2 is 1.94 bits per heavy atom. The van der Waals surface area contributed by atoms with Gasteiger partial charge in [-0.05, 0) is 42.4 Å². The molecule has 2 heteroatoms. The molecule has 1 N–H and O–H groups in total. The van der Waals surface area contributed by atoms with Crippen LogP contribution >= 0.6 is 0 Å². The zero-order chi connectivity index (χ0) is 12.1. The number of aliphatic carboxylic acids is 1. The van der Waals surface area contributed by atoms with Crippen molar-refractivity contribution in [3.8, 4) is 0 Å². The van der Waals surface area contributed by atoms with Crippen LogP contribution in [0.3, 0.4) is 0 Å². The molecule has 1 saturated carbocycles. The van der Waals surface area contributed by atoms with E-state index in [-0.39, 0.29) is 10.8 Å². The first-order valence-corrected chi connectivity index (χ1v) is 6.26. The van der Waals surface area contributed by atoms with E-state index in [0.717, 1.165) is 25.7 Å². The van der Waals surface area contributed by atoms with Crippen LogP contribution in [-0.4, -0.2) is 11.1 Å². The molecule has 2 atom stereocenters. The lowest BCUT2D eigenvalue weighted by atomic mass is 9.61. The summed E-state index contributed by atoms with van der Waals surface area (Å²) in [7, 11) is 0. The van der Waals surface area contributed by atoms with Gasteiger partial charge >= 0.3 is 5.97 Å². The quantitative estimate of drug-likeness (QED) is 0.735. The molecule has 1 fully saturated rings. The normalized spacial score (nSPS) is 37.4. The number of hydrogen-bond donors (Lipinski definition) is 1. The molecule has 2 nitrogen and oxygen atoms in total. The van der Waals surface area contributed by atoms with Crippen LogP contribution < -0.4 is 0 Å². The molecular weight excluding hydrogens is 200 g/mol. The number of carboxylic acid groups (broad SMARTS) is 1. The van der Waals surface area contributed by atoms with E-state index in [1.807, 2.05) is 0 Å². The van der Waals surface area contributed by atoms with Gasteiger partial charge in [-0.15, -0.1) is 0 Å². The van der Waals surface area contributed by atoms with Crippen LogP contribution in [0.4, 0.5) is 0 Å². The van der Waals surface area contributed by atoms with Crippen LogP contribution in [0.15, 0.2) is 11.1 Å². The SMILES string of the molecule is CC1CCC2=C(C(=O)O)C(C)(C)CCC21C. The smallest absolute Gasteiger partial charge is 0.332 e. The fourth-order valence-corrected chi connectivity index (χ4v) is 3.59. The number of allylic oxidation sites excluding steroid dienone is 1. The molecule has 0 aromatic heterocycles. The summed E-state index contributed by atoms with van der Waals surface area (Å²) in [6.07, 6.45) is 4.29. The maximum Gasteiger partial charge on any atom is 0.332 e. The molecule has 2 unspecified atom stereocenters. The van der Waals surface area contributed by atoms with Crippen molar-refractivity contribution in [2.45, 2.75) is 53.4 Å². The van der Waals surface area contributed by atoms with Gasteiger partial charge < -0.3 is 5.11 Å². The number of hydrogen-bond acceptors (Lipinski definition) is 1. The third-order valence-electron chi connectivity index (χ3n) is 5.07. The van der Waals surface area contributed by atoms with Crippen molar-refractivity contribution in [3.05, 3.63) is 11.1 Å². The maximum atomic E-state index is 11.5. The predicted octanol–water partition coefficient (Wildman–Crippen LogP) is 3.62. The van der Waals surface area contributed by atoms with E-state index < -0.39 is 5.97 Å². The van der Waals surface area contributed by atoms with E-state index in [2.05, 4.69) is 27.7 Å². The summed E-state index contributed by atoms with van der Waals surface area (Å²) in [6.45, 7) is 8.68. The van der Waals surface area contributed by atoms with Crippen LogP contribution in [0.25, 0.3) is 0 Å². The Hall–Kier alpha value is -0.790. The highest BCUT2D eigenvalue weighted by atomic mass is 16.4. The average Bonchev–Trinajstić information content (AvgIpc) is 2.44. The monoisotopic (exact) mass is 222 g/mol. The van der Waals surface area contributed by atoms with E-state index in [1.54, 1.807) is 0 Å². The van der Waals surface area contributed by atoms with Gasteiger partial charge in [-0.2, -0.15) is 0 Å². The molecule has 0 radical (unpaired) electrons. The van der Waals surface area contributed by atoms with Crippen LogP contribution in [0, 0.1) is 16.7 Å². The molecule has 90 valence electrons. The second kappa shape index (κ2) is 3.35. The largest absolute Gasteiger partial charge is 0.478 e. The Bertz CT molecular complexity index is 365. The minimum Gasteiger partial charge on any atom is -0.478 e. The first kappa shape index (κ1) is 11.7. The highest BCUT2D eigenvalue weighted by molar-refractivity contribution is 5.89. The summed E-state index contributed by atoms with van der Waals surface area (Å²) in [5.74, 6) is -0.0621. The van der Waals surface area contributed by atoms with Crippen LogP contribution in [0.2, 0.25) is 0 Å². The number of carbonyl (C=O) groups is 1. The third-order valence-corrected chi connectivity index (χ3v) is 5.07. The highest BCUT2D eigenvalue weighted by Crippen LogP contribution is 2.58. The molecule has 0 saturated heterocycles. The van der Waals surface area contributed by atoms with Gasteiger partial charge in [-0.3, -0.25) is 0 Å². The van der Waals surface area contributed by atoms with Gasteiger partial charge in [0.05, 0.1) is 0 Å². The highest BCUT2D eigenvalue weighted by Gasteiger charge is 2.49. The van der Waals surface area contributed by atoms with Gasteiger partial charge in [0, 0.05) is 5.57 Å². The molecule has 0 aromatic rings. The second-order valence-electron chi connectivity index (χ2n) is 6.40. The molecule has 0 heterocycles. The van der Waals surface area contributed by atoms with Crippen LogP contribution in [0.1, 0.15) is 53.4 Å². The number of rotatable bonds is 1. The van der Waals surface area contributed by atoms with E-state index in [1.165, 1.54) is 5.57 Å². The van der Waals surface area contributed by atoms with Gasteiger partial charge in [0.15, 0.2) is 0 Å². The van der Waals surface area contributed by atoms with Crippen molar-refractivity contribution in [1.82, 2.24) is 0 Å². The lowest BCUT2D eigenvalue weighted by Crippen LogP contribution is -2.35. The molecule has 0 aromatic carbocycles. The molecule has 16 heavy (non-hydrogen) atoms. The Labute approximate surface area is 97.7 Å². The summed E-state index contributed by atoms with van der Waals surface area (Å²) < 4.78 is 0. The van der Waals surface area contributed by atoms with Crippen LogP contribution in [-0.2, 0) is 4.79 Å². The average molecular weight is 222 g/mol. The van der Waals surface area contributed by atoms with Crippen molar-refractivity contribution in [3.63, 3.8) is 0 Å². The molecule has 2 aliphatic carbocycles. The van der Waals surface area contributed by atoms with Gasteiger partial charge in [0.1, 0.15) is 0 Å². The summed E-state index contributed by atoms with van der Waals surface area (Å²) in [4.78, 5) is 11.5. The van der Waals surface area contributed by atoms with Gasteiger partial charge in [-0.1, -0.05) is 33.3 Å². The van der Waals surface area contributed by atoms with E-state index in [9.17, 15) is 9.90 Å². The van der Waals surface area contributed by atoms with E-state index >= 15 is 0 Å². The summed E-state index contributed by atoms with van der Waals surface area (Å²) >= 11 is 0. The number of carboxylic acids is 1. The van der Waals surface area contributed by atoms with Crippen molar-refractivity contribution in [1.29, 1.82) is 0 Å². The minimum absolute atomic E-state index is 0.148. The lowest BCUT2D eigenvalue weighted by molar-refractivity contribution is -0.134. The van der Waals surface area contributed by atoms with Gasteiger partial charge in [0.2, 0.25) is 0 Å². The molecule has 0 amide bonds. The summed E-state index contributed by atoms with van der Waals surface area (Å²) in [6, 6.07) is 0. The van der Waals surface area contributed by atoms with Gasteiger partial charge in [-0.25, -0.2) is 4.79 Å². The zero-order valence-corrected chi connectivity index (χ0v) is 10.8. The Balaban J connectivity index is 2.59. The zero-order valence-electron chi connectivity index (χ0n) is 10.8. The molecule has 2 rings (SSSR count). The van der Waals surface area contributed by atoms with E-state index in [0.29, 0.717) is 11.5 Å². The standard InChI is InChI=1S/C14H22O2/c1-9-5-6-10-11(12(15)16)13(2,3)7-8-14(9,10)4/h9H,5-8H2,1-4H3,(H,15,16). The summed E-state index contributed by atoms with van der Waals surface area (Å²) in [5.41, 5.74) is 1.96. The fraction of sp³-hybridized carbons (Fsp3) is 0.786. The fourth-order valence-electron chi connectivity index (χ4n) is 3.59. The lowest BCUT2D eigenvalue weighted by Gasteiger charge is -2.43. The van der Waals surface area contributed by atoms with Crippen molar-refractivity contribution >= 4 is 5.97 Å². The molecule has 0 bridgehead atoms. The Morgan fingerprint density at radius 1 is 1.31 bits per heavy atom. The maximum absolute atomic E-state index is 11.5. The van der Waals surface area contributed by atoms with Crippen molar-refractivity contribution in [2.24, 2.45) is 16.7 Å². The minimum atomic E-state index is -0.694. The molecule has 2 aliphatic rings.